The van der Waals surface area contributed by atoms with E-state index in [-0.39, 0.29) is 17.2 Å². The number of aliphatic hydroxyl groups is 1. The molecule has 0 aliphatic carbocycles. The summed E-state index contributed by atoms with van der Waals surface area (Å²) in [5, 5.41) is 14.0. The van der Waals surface area contributed by atoms with Crippen LogP contribution in [0.25, 0.3) is 5.76 Å². The molecule has 0 aromatic heterocycles. The maximum absolute atomic E-state index is 13.2. The molecule has 1 atom stereocenters. The van der Waals surface area contributed by atoms with E-state index in [1.54, 1.807) is 56.5 Å². The van der Waals surface area contributed by atoms with Gasteiger partial charge in [-0.25, -0.2) is 0 Å². The van der Waals surface area contributed by atoms with Gasteiger partial charge in [0.25, 0.3) is 11.7 Å². The van der Waals surface area contributed by atoms with Crippen LogP contribution >= 0.6 is 0 Å². The fourth-order valence-corrected chi connectivity index (χ4v) is 4.13. The molecule has 0 radical (unpaired) electrons. The standard InChI is InChI=1S/C27H24N2O5/c1-16-15-21(34-3)13-14-22(16)25(31)23-24(18-7-5-4-6-8-18)29(27(33)26(23)32)20-11-9-19(10-12-20)28-17(2)30/h4-15,24,31H,1-3H3,(H,28,30)/b25-23-. The number of Topliss-reactive ketones (excluding diaryl/α,β-unsaturated/α-hetero) is 1. The Balaban J connectivity index is 1.87. The van der Waals surface area contributed by atoms with Crippen molar-refractivity contribution >= 4 is 34.7 Å². The molecule has 1 aliphatic rings. The molecular weight excluding hydrogens is 432 g/mol. The fraction of sp³-hybridized carbons (Fsp3) is 0.148. The van der Waals surface area contributed by atoms with Crippen molar-refractivity contribution in [3.8, 4) is 5.75 Å². The summed E-state index contributed by atoms with van der Waals surface area (Å²) in [6.07, 6.45) is 0. The molecule has 1 fully saturated rings. The van der Waals surface area contributed by atoms with Gasteiger partial charge in [0.1, 0.15) is 11.5 Å². The predicted molar refractivity (Wildman–Crippen MR) is 130 cm³/mol. The molecule has 34 heavy (non-hydrogen) atoms. The lowest BCUT2D eigenvalue weighted by Crippen LogP contribution is -2.29. The molecule has 2 N–H and O–H groups in total. The number of methoxy groups -OCH3 is 1. The topological polar surface area (TPSA) is 95.9 Å². The van der Waals surface area contributed by atoms with Crippen LogP contribution in [0.1, 0.15) is 29.7 Å². The molecule has 3 aromatic carbocycles. The van der Waals surface area contributed by atoms with Crippen LogP contribution in [-0.4, -0.2) is 29.8 Å². The van der Waals surface area contributed by atoms with Crippen molar-refractivity contribution in [1.29, 1.82) is 0 Å². The van der Waals surface area contributed by atoms with E-state index in [0.717, 1.165) is 0 Å². The van der Waals surface area contributed by atoms with Crippen molar-refractivity contribution in [2.24, 2.45) is 0 Å². The van der Waals surface area contributed by atoms with Gasteiger partial charge in [0.2, 0.25) is 5.91 Å². The summed E-state index contributed by atoms with van der Waals surface area (Å²) in [7, 11) is 1.55. The van der Waals surface area contributed by atoms with Gasteiger partial charge in [-0.1, -0.05) is 30.3 Å². The highest BCUT2D eigenvalue weighted by Gasteiger charge is 2.47. The zero-order valence-corrected chi connectivity index (χ0v) is 19.0. The number of hydrogen-bond acceptors (Lipinski definition) is 5. The van der Waals surface area contributed by atoms with Gasteiger partial charge < -0.3 is 15.2 Å². The van der Waals surface area contributed by atoms with Crippen molar-refractivity contribution < 1.29 is 24.2 Å². The third-order valence-electron chi connectivity index (χ3n) is 5.71. The van der Waals surface area contributed by atoms with Crippen LogP contribution in [0.3, 0.4) is 0 Å². The average Bonchev–Trinajstić information content (AvgIpc) is 3.09. The maximum atomic E-state index is 13.2. The van der Waals surface area contributed by atoms with E-state index in [1.807, 2.05) is 30.3 Å². The summed E-state index contributed by atoms with van der Waals surface area (Å²) in [6, 6.07) is 20.0. The molecule has 172 valence electrons. The molecule has 2 amide bonds. The number of aryl methyl sites for hydroxylation is 1. The fourth-order valence-electron chi connectivity index (χ4n) is 4.13. The number of nitrogens with one attached hydrogen (secondary N) is 1. The first-order chi connectivity index (χ1) is 16.3. The summed E-state index contributed by atoms with van der Waals surface area (Å²) < 4.78 is 5.24. The molecule has 3 aromatic rings. The largest absolute Gasteiger partial charge is 0.507 e. The molecule has 4 rings (SSSR count). The van der Waals surface area contributed by atoms with Crippen LogP contribution < -0.4 is 15.0 Å². The molecule has 0 bridgehead atoms. The third kappa shape index (κ3) is 4.15. The van der Waals surface area contributed by atoms with Gasteiger partial charge in [-0.3, -0.25) is 19.3 Å². The van der Waals surface area contributed by atoms with E-state index >= 15 is 0 Å². The molecule has 7 nitrogen and oxygen atoms in total. The second-order valence-electron chi connectivity index (χ2n) is 7.99. The minimum Gasteiger partial charge on any atom is -0.507 e. The summed E-state index contributed by atoms with van der Waals surface area (Å²) in [4.78, 5) is 39.2. The Morgan fingerprint density at radius 2 is 1.68 bits per heavy atom. The van der Waals surface area contributed by atoms with Gasteiger partial charge in [0, 0.05) is 23.9 Å². The first-order valence-corrected chi connectivity index (χ1v) is 10.7. The van der Waals surface area contributed by atoms with Crippen LogP contribution in [0, 0.1) is 6.92 Å². The molecule has 1 aliphatic heterocycles. The van der Waals surface area contributed by atoms with Crippen molar-refractivity contribution in [3.63, 3.8) is 0 Å². The minimum absolute atomic E-state index is 0.00963. The number of hydrogen-bond donors (Lipinski definition) is 2. The Labute approximate surface area is 197 Å². The van der Waals surface area contributed by atoms with Crippen LogP contribution in [0.5, 0.6) is 5.75 Å². The first kappa shape index (κ1) is 22.8. The quantitative estimate of drug-likeness (QED) is 0.333. The number of ether oxygens (including phenoxy) is 1. The van der Waals surface area contributed by atoms with Gasteiger partial charge >= 0.3 is 0 Å². The summed E-state index contributed by atoms with van der Waals surface area (Å²) >= 11 is 0. The first-order valence-electron chi connectivity index (χ1n) is 10.7. The van der Waals surface area contributed by atoms with Gasteiger partial charge in [0.15, 0.2) is 0 Å². The van der Waals surface area contributed by atoms with Gasteiger partial charge in [0.05, 0.1) is 18.7 Å². The molecule has 1 unspecified atom stereocenters. The Bertz CT molecular complexity index is 1300. The highest BCUT2D eigenvalue weighted by atomic mass is 16.5. The van der Waals surface area contributed by atoms with E-state index in [1.165, 1.54) is 11.8 Å². The van der Waals surface area contributed by atoms with Crippen LogP contribution in [0.15, 0.2) is 78.4 Å². The number of nitrogens with zero attached hydrogens (tertiary/aromatic N) is 1. The molecule has 0 saturated carbocycles. The van der Waals surface area contributed by atoms with Crippen LogP contribution in [0.4, 0.5) is 11.4 Å². The number of aliphatic hydroxyl groups excluding tert-OH is 1. The normalized spacial score (nSPS) is 17.0. The molecule has 1 saturated heterocycles. The Morgan fingerprint density at radius 1 is 1.00 bits per heavy atom. The molecule has 7 heteroatoms. The van der Waals surface area contributed by atoms with Crippen molar-refractivity contribution in [3.05, 3.63) is 95.1 Å². The summed E-state index contributed by atoms with van der Waals surface area (Å²) in [5.41, 5.74) is 2.87. The van der Waals surface area contributed by atoms with Crippen molar-refractivity contribution in [2.75, 3.05) is 17.3 Å². The number of anilines is 2. The second-order valence-corrected chi connectivity index (χ2v) is 7.99. The number of rotatable bonds is 5. The lowest BCUT2D eigenvalue weighted by Gasteiger charge is -2.25. The molecule has 0 spiro atoms. The van der Waals surface area contributed by atoms with Gasteiger partial charge in [-0.15, -0.1) is 0 Å². The zero-order valence-electron chi connectivity index (χ0n) is 19.0. The van der Waals surface area contributed by atoms with Crippen LogP contribution in [-0.2, 0) is 14.4 Å². The average molecular weight is 456 g/mol. The predicted octanol–water partition coefficient (Wildman–Crippen LogP) is 4.59. The Kier molecular flexibility index (Phi) is 6.19. The van der Waals surface area contributed by atoms with E-state index in [9.17, 15) is 19.5 Å². The lowest BCUT2D eigenvalue weighted by atomic mass is 9.93. The SMILES string of the molecule is COc1ccc(/C(O)=C2/C(=O)C(=O)N(c3ccc(NC(C)=O)cc3)C2c2ccccc2)c(C)c1. The Hall–Kier alpha value is -4.39. The Morgan fingerprint density at radius 3 is 2.26 bits per heavy atom. The second kappa shape index (κ2) is 9.23. The monoisotopic (exact) mass is 456 g/mol. The lowest BCUT2D eigenvalue weighted by molar-refractivity contribution is -0.132. The molecular formula is C27H24N2O5. The van der Waals surface area contributed by atoms with Crippen molar-refractivity contribution in [2.45, 2.75) is 19.9 Å². The summed E-state index contributed by atoms with van der Waals surface area (Å²) in [5.74, 6) is -1.35. The highest BCUT2D eigenvalue weighted by molar-refractivity contribution is 6.51. The van der Waals surface area contributed by atoms with Crippen LogP contribution in [0.2, 0.25) is 0 Å². The van der Waals surface area contributed by atoms with E-state index in [2.05, 4.69) is 5.32 Å². The highest BCUT2D eigenvalue weighted by Crippen LogP contribution is 2.42. The summed E-state index contributed by atoms with van der Waals surface area (Å²) in [6.45, 7) is 3.20. The zero-order chi connectivity index (χ0) is 24.4. The van der Waals surface area contributed by atoms with E-state index < -0.39 is 17.7 Å². The maximum Gasteiger partial charge on any atom is 0.300 e. The number of carbonyl (C=O) groups excluding carboxylic acids is 3. The molecule has 1 heterocycles. The number of amides is 2. The van der Waals surface area contributed by atoms with Gasteiger partial charge in [-0.2, -0.15) is 0 Å². The number of carbonyl (C=O) groups is 3. The minimum atomic E-state index is -0.825. The van der Waals surface area contributed by atoms with Gasteiger partial charge in [-0.05, 0) is 60.5 Å². The number of ketones is 1. The number of benzene rings is 3. The van der Waals surface area contributed by atoms with E-state index in [4.69, 9.17) is 4.74 Å². The van der Waals surface area contributed by atoms with E-state index in [0.29, 0.717) is 33.8 Å². The smallest absolute Gasteiger partial charge is 0.300 e. The van der Waals surface area contributed by atoms with Crippen molar-refractivity contribution in [1.82, 2.24) is 0 Å². The third-order valence-corrected chi connectivity index (χ3v) is 5.71.